The van der Waals surface area contributed by atoms with Crippen molar-refractivity contribution in [3.05, 3.63) is 89.0 Å². The van der Waals surface area contributed by atoms with Gasteiger partial charge in [0.1, 0.15) is 5.82 Å². The average Bonchev–Trinajstić information content (AvgIpc) is 3.12. The molecule has 0 amide bonds. The molecule has 4 rings (SSSR count). The van der Waals surface area contributed by atoms with Crippen LogP contribution in [0.2, 0.25) is 5.02 Å². The SMILES string of the molecule is Fc1ccc([C@H]2c3cccn3CCN2C(=S)Nc2ccc(Cl)cc2)cc1. The number of halogens is 2. The summed E-state index contributed by atoms with van der Waals surface area (Å²) in [6.45, 7) is 1.62. The van der Waals surface area contributed by atoms with Crippen LogP contribution in [0.4, 0.5) is 10.1 Å². The lowest BCUT2D eigenvalue weighted by molar-refractivity contribution is 0.293. The number of rotatable bonds is 2. The van der Waals surface area contributed by atoms with E-state index in [-0.39, 0.29) is 11.9 Å². The molecule has 26 heavy (non-hydrogen) atoms. The molecule has 0 fully saturated rings. The zero-order valence-corrected chi connectivity index (χ0v) is 15.5. The molecule has 1 aliphatic heterocycles. The summed E-state index contributed by atoms with van der Waals surface area (Å²) in [5.41, 5.74) is 3.03. The first-order valence-corrected chi connectivity index (χ1v) is 9.14. The number of anilines is 1. The second kappa shape index (κ2) is 7.09. The maximum absolute atomic E-state index is 13.4. The van der Waals surface area contributed by atoms with Crippen molar-refractivity contribution in [2.75, 3.05) is 11.9 Å². The van der Waals surface area contributed by atoms with Crippen LogP contribution in [0.3, 0.4) is 0 Å². The molecule has 0 saturated heterocycles. The van der Waals surface area contributed by atoms with Gasteiger partial charge in [-0.3, -0.25) is 0 Å². The van der Waals surface area contributed by atoms with Gasteiger partial charge in [0.2, 0.25) is 0 Å². The lowest BCUT2D eigenvalue weighted by atomic mass is 10.0. The minimum atomic E-state index is -0.242. The fraction of sp³-hybridized carbons (Fsp3) is 0.150. The summed E-state index contributed by atoms with van der Waals surface area (Å²) < 4.78 is 15.6. The molecule has 0 spiro atoms. The summed E-state index contributed by atoms with van der Waals surface area (Å²) in [6, 6.07) is 18.1. The summed E-state index contributed by atoms with van der Waals surface area (Å²) in [5.74, 6) is -0.242. The molecule has 0 saturated carbocycles. The van der Waals surface area contributed by atoms with Crippen molar-refractivity contribution in [2.45, 2.75) is 12.6 Å². The Morgan fingerprint density at radius 3 is 2.50 bits per heavy atom. The van der Waals surface area contributed by atoms with Gasteiger partial charge in [-0.2, -0.15) is 0 Å². The number of hydrogen-bond acceptors (Lipinski definition) is 1. The minimum absolute atomic E-state index is 0.0633. The maximum Gasteiger partial charge on any atom is 0.174 e. The molecule has 2 aromatic carbocycles. The van der Waals surface area contributed by atoms with E-state index in [4.69, 9.17) is 23.8 Å². The van der Waals surface area contributed by atoms with Crippen LogP contribution in [-0.2, 0) is 6.54 Å². The van der Waals surface area contributed by atoms with Crippen molar-refractivity contribution in [2.24, 2.45) is 0 Å². The molecule has 2 heterocycles. The minimum Gasteiger partial charge on any atom is -0.348 e. The number of aromatic nitrogens is 1. The van der Waals surface area contributed by atoms with Crippen LogP contribution in [0.1, 0.15) is 17.3 Å². The zero-order valence-electron chi connectivity index (χ0n) is 13.9. The number of nitrogens with one attached hydrogen (secondary N) is 1. The van der Waals surface area contributed by atoms with E-state index in [2.05, 4.69) is 27.0 Å². The number of nitrogens with zero attached hydrogens (tertiary/aromatic N) is 2. The second-order valence-corrected chi connectivity index (χ2v) is 7.03. The molecule has 1 aromatic heterocycles. The molecule has 0 unspecified atom stereocenters. The van der Waals surface area contributed by atoms with Gasteiger partial charge < -0.3 is 14.8 Å². The third kappa shape index (κ3) is 3.32. The molecule has 0 radical (unpaired) electrons. The van der Waals surface area contributed by atoms with Gasteiger partial charge in [-0.25, -0.2) is 4.39 Å². The van der Waals surface area contributed by atoms with Crippen molar-refractivity contribution < 1.29 is 4.39 Å². The standard InChI is InChI=1S/C20H17ClFN3S/c21-15-5-9-17(10-6-15)23-20(26)25-13-12-24-11-1-2-18(24)19(25)14-3-7-16(22)8-4-14/h1-11,19H,12-13H2,(H,23,26)/t19-/m0/s1. The number of benzene rings is 2. The lowest BCUT2D eigenvalue weighted by Gasteiger charge is -2.39. The van der Waals surface area contributed by atoms with E-state index in [1.807, 2.05) is 42.5 Å². The van der Waals surface area contributed by atoms with Crippen LogP contribution < -0.4 is 5.32 Å². The molecule has 132 valence electrons. The number of hydrogen-bond donors (Lipinski definition) is 1. The molecular formula is C20H17ClFN3S. The Balaban J connectivity index is 1.66. The Hall–Kier alpha value is -2.37. The summed E-state index contributed by atoms with van der Waals surface area (Å²) in [7, 11) is 0. The van der Waals surface area contributed by atoms with Crippen LogP contribution in [0.25, 0.3) is 0 Å². The van der Waals surface area contributed by atoms with Crippen molar-refractivity contribution in [3.8, 4) is 0 Å². The topological polar surface area (TPSA) is 20.2 Å². The van der Waals surface area contributed by atoms with Crippen molar-refractivity contribution >= 4 is 34.6 Å². The average molecular weight is 386 g/mol. The molecule has 1 N–H and O–H groups in total. The quantitative estimate of drug-likeness (QED) is 0.621. The third-order valence-electron chi connectivity index (χ3n) is 4.58. The van der Waals surface area contributed by atoms with Crippen LogP contribution in [0, 0.1) is 5.82 Å². The van der Waals surface area contributed by atoms with E-state index in [9.17, 15) is 4.39 Å². The Labute approximate surface area is 162 Å². The summed E-state index contributed by atoms with van der Waals surface area (Å²) in [5, 5.41) is 4.60. The monoisotopic (exact) mass is 385 g/mol. The zero-order chi connectivity index (χ0) is 18.1. The Morgan fingerprint density at radius 2 is 1.77 bits per heavy atom. The number of thiocarbonyl (C=S) groups is 1. The van der Waals surface area contributed by atoms with Crippen LogP contribution in [0.5, 0.6) is 0 Å². The molecule has 3 aromatic rings. The molecule has 0 aliphatic carbocycles. The lowest BCUT2D eigenvalue weighted by Crippen LogP contribution is -2.44. The summed E-state index contributed by atoms with van der Waals surface area (Å²) in [4.78, 5) is 2.15. The first-order chi connectivity index (χ1) is 12.6. The van der Waals surface area contributed by atoms with Crippen molar-refractivity contribution in [1.82, 2.24) is 9.47 Å². The Kier molecular flexibility index (Phi) is 4.66. The largest absolute Gasteiger partial charge is 0.348 e. The molecular weight excluding hydrogens is 369 g/mol. The summed E-state index contributed by atoms with van der Waals surface area (Å²) in [6.07, 6.45) is 2.07. The molecule has 3 nitrogen and oxygen atoms in total. The van der Waals surface area contributed by atoms with E-state index in [1.54, 1.807) is 0 Å². The Morgan fingerprint density at radius 1 is 1.04 bits per heavy atom. The van der Waals surface area contributed by atoms with Gasteiger partial charge in [-0.05, 0) is 66.3 Å². The molecule has 1 atom stereocenters. The fourth-order valence-corrected chi connectivity index (χ4v) is 3.77. The highest BCUT2D eigenvalue weighted by molar-refractivity contribution is 7.80. The van der Waals surface area contributed by atoms with Gasteiger partial charge >= 0.3 is 0 Å². The molecule has 0 bridgehead atoms. The van der Waals surface area contributed by atoms with E-state index in [0.717, 1.165) is 30.0 Å². The van der Waals surface area contributed by atoms with Gasteiger partial charge in [0.15, 0.2) is 5.11 Å². The van der Waals surface area contributed by atoms with E-state index < -0.39 is 0 Å². The fourth-order valence-electron chi connectivity index (χ4n) is 3.33. The predicted molar refractivity (Wildman–Crippen MR) is 107 cm³/mol. The maximum atomic E-state index is 13.4. The highest BCUT2D eigenvalue weighted by Crippen LogP contribution is 2.33. The highest BCUT2D eigenvalue weighted by atomic mass is 35.5. The van der Waals surface area contributed by atoms with E-state index in [1.165, 1.54) is 12.1 Å². The third-order valence-corrected chi connectivity index (χ3v) is 5.17. The smallest absolute Gasteiger partial charge is 0.174 e. The normalized spacial score (nSPS) is 16.2. The van der Waals surface area contributed by atoms with Gasteiger partial charge in [0.05, 0.1) is 6.04 Å². The predicted octanol–water partition coefficient (Wildman–Crippen LogP) is 5.08. The summed E-state index contributed by atoms with van der Waals surface area (Å²) >= 11 is 11.6. The van der Waals surface area contributed by atoms with Crippen molar-refractivity contribution in [1.29, 1.82) is 0 Å². The van der Waals surface area contributed by atoms with Gasteiger partial charge in [0, 0.05) is 35.7 Å². The number of fused-ring (bicyclic) bond motifs is 1. The van der Waals surface area contributed by atoms with Gasteiger partial charge in [-0.1, -0.05) is 23.7 Å². The highest BCUT2D eigenvalue weighted by Gasteiger charge is 2.30. The first kappa shape index (κ1) is 17.1. The first-order valence-electron chi connectivity index (χ1n) is 8.35. The molecule has 1 aliphatic rings. The van der Waals surface area contributed by atoms with Gasteiger partial charge in [-0.15, -0.1) is 0 Å². The van der Waals surface area contributed by atoms with Crippen LogP contribution in [-0.4, -0.2) is 21.1 Å². The molecule has 6 heteroatoms. The van der Waals surface area contributed by atoms with Crippen LogP contribution in [0.15, 0.2) is 66.9 Å². The Bertz CT molecular complexity index is 921. The van der Waals surface area contributed by atoms with Gasteiger partial charge in [0.25, 0.3) is 0 Å². The van der Waals surface area contributed by atoms with Crippen LogP contribution >= 0.6 is 23.8 Å². The van der Waals surface area contributed by atoms with E-state index in [0.29, 0.717) is 10.1 Å². The van der Waals surface area contributed by atoms with Crippen molar-refractivity contribution in [3.63, 3.8) is 0 Å². The second-order valence-electron chi connectivity index (χ2n) is 6.21. The van der Waals surface area contributed by atoms with E-state index >= 15 is 0 Å².